The lowest BCUT2D eigenvalue weighted by atomic mass is 9.96. The molecule has 0 atom stereocenters. The Morgan fingerprint density at radius 1 is 0.480 bits per heavy atom. The van der Waals surface area contributed by atoms with Crippen LogP contribution in [0.3, 0.4) is 0 Å². The monoisotopic (exact) mass is 654 g/mol. The van der Waals surface area contributed by atoms with Gasteiger partial charge in [-0.3, -0.25) is 0 Å². The van der Waals surface area contributed by atoms with E-state index in [2.05, 4.69) is 77.6 Å². The predicted octanol–water partition coefficient (Wildman–Crippen LogP) is 13.3. The second kappa shape index (κ2) is 11.3. The smallest absolute Gasteiger partial charge is 0.416 e. The number of halogens is 3. The normalized spacial score (nSPS) is 11.9. The third-order valence-electron chi connectivity index (χ3n) is 9.42. The molecule has 0 saturated carbocycles. The van der Waals surface area contributed by atoms with E-state index in [9.17, 15) is 13.2 Å². The van der Waals surface area contributed by atoms with E-state index in [1.165, 1.54) is 17.7 Å². The molecule has 0 bridgehead atoms. The van der Waals surface area contributed by atoms with Crippen molar-refractivity contribution in [2.45, 2.75) is 6.18 Å². The van der Waals surface area contributed by atoms with Crippen LogP contribution in [-0.4, -0.2) is 4.57 Å². The standard InChI is InChI=1S/C44H25F3N2O/c1-48-34-15-18-41-37(25-34)36-24-33(44(45,46)47)14-17-40(36)49(41)35-16-20-43-39(26-35)38-23-32(13-19-42(38)50-43)31-12-6-11-30(22-31)29-10-5-9-28(21-29)27-7-3-2-4-8-27/h2-26H. The summed E-state index contributed by atoms with van der Waals surface area (Å²) in [5, 5.41) is 2.86. The van der Waals surface area contributed by atoms with Crippen LogP contribution in [-0.2, 0) is 6.18 Å². The maximum Gasteiger partial charge on any atom is 0.416 e. The van der Waals surface area contributed by atoms with E-state index in [0.717, 1.165) is 55.9 Å². The van der Waals surface area contributed by atoms with Crippen LogP contribution in [0.4, 0.5) is 18.9 Å². The Bertz CT molecular complexity index is 2820. The molecule has 0 radical (unpaired) electrons. The first-order valence-electron chi connectivity index (χ1n) is 16.1. The van der Waals surface area contributed by atoms with Crippen LogP contribution in [0.2, 0.25) is 0 Å². The minimum absolute atomic E-state index is 0.366. The summed E-state index contributed by atoms with van der Waals surface area (Å²) in [6.45, 7) is 7.49. The van der Waals surface area contributed by atoms with Gasteiger partial charge >= 0.3 is 6.18 Å². The van der Waals surface area contributed by atoms with Gasteiger partial charge in [0.05, 0.1) is 23.2 Å². The summed E-state index contributed by atoms with van der Waals surface area (Å²) < 4.78 is 49.5. The molecule has 0 spiro atoms. The minimum atomic E-state index is -4.49. The second-order valence-electron chi connectivity index (χ2n) is 12.4. The molecule has 0 aliphatic heterocycles. The van der Waals surface area contributed by atoms with Gasteiger partial charge in [0.25, 0.3) is 0 Å². The molecule has 9 rings (SSSR count). The summed E-state index contributed by atoms with van der Waals surface area (Å²) in [7, 11) is 0. The Kier molecular flexibility index (Phi) is 6.65. The Hall–Kier alpha value is -6.58. The van der Waals surface area contributed by atoms with Gasteiger partial charge in [0.15, 0.2) is 5.69 Å². The number of hydrogen-bond donors (Lipinski definition) is 0. The number of nitrogens with zero attached hydrogens (tertiary/aromatic N) is 2. The molecule has 3 nitrogen and oxygen atoms in total. The summed E-state index contributed by atoms with van der Waals surface area (Å²) in [5.74, 6) is 0. The zero-order valence-corrected chi connectivity index (χ0v) is 26.4. The Balaban J connectivity index is 1.16. The van der Waals surface area contributed by atoms with Crippen molar-refractivity contribution < 1.29 is 17.6 Å². The molecule has 2 aromatic heterocycles. The number of alkyl halides is 3. The van der Waals surface area contributed by atoms with Crippen molar-refractivity contribution in [3.8, 4) is 39.1 Å². The Morgan fingerprint density at radius 3 is 1.70 bits per heavy atom. The van der Waals surface area contributed by atoms with Gasteiger partial charge in [-0.2, -0.15) is 13.2 Å². The molecule has 0 aliphatic rings. The number of hydrogen-bond acceptors (Lipinski definition) is 1. The van der Waals surface area contributed by atoms with E-state index in [1.54, 1.807) is 18.2 Å². The van der Waals surface area contributed by atoms with E-state index in [-0.39, 0.29) is 0 Å². The van der Waals surface area contributed by atoms with Gasteiger partial charge in [0, 0.05) is 21.8 Å². The summed E-state index contributed by atoms with van der Waals surface area (Å²) in [6.07, 6.45) is -4.49. The largest absolute Gasteiger partial charge is 0.456 e. The van der Waals surface area contributed by atoms with Gasteiger partial charge in [0.2, 0.25) is 0 Å². The highest BCUT2D eigenvalue weighted by molar-refractivity contribution is 6.12. The fourth-order valence-corrected chi connectivity index (χ4v) is 7.01. The third kappa shape index (κ3) is 4.91. The number of benzene rings is 7. The molecule has 0 N–H and O–H groups in total. The highest BCUT2D eigenvalue weighted by Gasteiger charge is 2.31. The average molecular weight is 655 g/mol. The van der Waals surface area contributed by atoms with Crippen molar-refractivity contribution in [1.29, 1.82) is 0 Å². The van der Waals surface area contributed by atoms with E-state index >= 15 is 0 Å². The summed E-state index contributed by atoms with van der Waals surface area (Å²) in [6, 6.07) is 48.3. The van der Waals surface area contributed by atoms with Gasteiger partial charge in [-0.15, -0.1) is 0 Å². The molecule has 6 heteroatoms. The SMILES string of the molecule is [C-]#[N+]c1ccc2c(c1)c1cc(C(F)(F)F)ccc1n2-c1ccc2oc3ccc(-c4cccc(-c5cccc(-c6ccccc6)c5)c4)cc3c2c1. The highest BCUT2D eigenvalue weighted by atomic mass is 19.4. The van der Waals surface area contributed by atoms with Gasteiger partial charge < -0.3 is 8.98 Å². The molecular weight excluding hydrogens is 629 g/mol. The highest BCUT2D eigenvalue weighted by Crippen LogP contribution is 2.40. The van der Waals surface area contributed by atoms with Crippen molar-refractivity contribution in [3.05, 3.63) is 169 Å². The van der Waals surface area contributed by atoms with Gasteiger partial charge in [-0.1, -0.05) is 78.9 Å². The van der Waals surface area contributed by atoms with E-state index in [4.69, 9.17) is 11.0 Å². The lowest BCUT2D eigenvalue weighted by Crippen LogP contribution is -2.04. The lowest BCUT2D eigenvalue weighted by Gasteiger charge is -2.10. The number of aromatic nitrogens is 1. The first-order chi connectivity index (χ1) is 24.3. The molecule has 9 aromatic rings. The van der Waals surface area contributed by atoms with Crippen molar-refractivity contribution in [3.63, 3.8) is 0 Å². The van der Waals surface area contributed by atoms with Crippen LogP contribution >= 0.6 is 0 Å². The molecule has 2 heterocycles. The topological polar surface area (TPSA) is 22.4 Å². The fourth-order valence-electron chi connectivity index (χ4n) is 7.01. The summed E-state index contributed by atoms with van der Waals surface area (Å²) >= 11 is 0. The molecule has 0 amide bonds. The maximum absolute atomic E-state index is 13.8. The molecule has 7 aromatic carbocycles. The molecule has 0 unspecified atom stereocenters. The van der Waals surface area contributed by atoms with Gasteiger partial charge in [0.1, 0.15) is 11.2 Å². The van der Waals surface area contributed by atoms with Crippen molar-refractivity contribution in [1.82, 2.24) is 4.57 Å². The minimum Gasteiger partial charge on any atom is -0.456 e. The van der Waals surface area contributed by atoms with Crippen LogP contribution in [0.25, 0.3) is 87.7 Å². The van der Waals surface area contributed by atoms with Crippen molar-refractivity contribution in [2.24, 2.45) is 0 Å². The zero-order chi connectivity index (χ0) is 34.0. The van der Waals surface area contributed by atoms with Crippen LogP contribution in [0, 0.1) is 6.57 Å². The van der Waals surface area contributed by atoms with Crippen LogP contribution in [0.1, 0.15) is 5.56 Å². The van der Waals surface area contributed by atoms with Gasteiger partial charge in [-0.05, 0) is 112 Å². The maximum atomic E-state index is 13.8. The fraction of sp³-hybridized carbons (Fsp3) is 0.0227. The second-order valence-corrected chi connectivity index (χ2v) is 12.4. The molecule has 0 saturated heterocycles. The van der Waals surface area contributed by atoms with Crippen LogP contribution < -0.4 is 0 Å². The lowest BCUT2D eigenvalue weighted by molar-refractivity contribution is -0.137. The van der Waals surface area contributed by atoms with E-state index < -0.39 is 11.7 Å². The van der Waals surface area contributed by atoms with E-state index in [1.807, 2.05) is 47.0 Å². The van der Waals surface area contributed by atoms with Gasteiger partial charge in [-0.25, -0.2) is 4.85 Å². The summed E-state index contributed by atoms with van der Waals surface area (Å²) in [4.78, 5) is 3.53. The first kappa shape index (κ1) is 29.6. The zero-order valence-electron chi connectivity index (χ0n) is 26.4. The Morgan fingerprint density at radius 2 is 1.04 bits per heavy atom. The molecular formula is C44H25F3N2O. The number of rotatable bonds is 4. The van der Waals surface area contributed by atoms with Crippen molar-refractivity contribution in [2.75, 3.05) is 0 Å². The number of furan rings is 1. The molecule has 0 aliphatic carbocycles. The predicted molar refractivity (Wildman–Crippen MR) is 196 cm³/mol. The molecule has 50 heavy (non-hydrogen) atoms. The number of fused-ring (bicyclic) bond motifs is 6. The van der Waals surface area contributed by atoms with E-state index in [0.29, 0.717) is 33.1 Å². The quantitative estimate of drug-likeness (QED) is 0.173. The third-order valence-corrected chi connectivity index (χ3v) is 9.42. The first-order valence-corrected chi connectivity index (χ1v) is 16.1. The van der Waals surface area contributed by atoms with Crippen molar-refractivity contribution >= 4 is 49.4 Å². The van der Waals surface area contributed by atoms with Crippen LogP contribution in [0.5, 0.6) is 0 Å². The molecule has 0 fully saturated rings. The molecule has 238 valence electrons. The Labute approximate surface area is 284 Å². The average Bonchev–Trinajstić information content (AvgIpc) is 3.69. The summed E-state index contributed by atoms with van der Waals surface area (Å²) in [5.41, 5.74) is 9.88. The van der Waals surface area contributed by atoms with Crippen LogP contribution in [0.15, 0.2) is 156 Å².